The van der Waals surface area contributed by atoms with Gasteiger partial charge in [0.25, 0.3) is 0 Å². The lowest BCUT2D eigenvalue weighted by Crippen LogP contribution is -2.48. The van der Waals surface area contributed by atoms with E-state index in [1.807, 2.05) is 35.0 Å². The minimum Gasteiger partial charge on any atom is -0.454 e. The molecule has 1 aromatic heterocycles. The van der Waals surface area contributed by atoms with Gasteiger partial charge in [-0.05, 0) is 64.7 Å². The number of benzene rings is 2. The highest BCUT2D eigenvalue weighted by Crippen LogP contribution is 2.33. The summed E-state index contributed by atoms with van der Waals surface area (Å²) in [5.41, 5.74) is 2.13. The minimum atomic E-state index is -0.205. The van der Waals surface area contributed by atoms with E-state index in [-0.39, 0.29) is 18.7 Å². The number of rotatable bonds is 7. The van der Waals surface area contributed by atoms with Crippen molar-refractivity contribution in [3.63, 3.8) is 0 Å². The van der Waals surface area contributed by atoms with Crippen LogP contribution in [0.5, 0.6) is 11.5 Å². The quantitative estimate of drug-likeness (QED) is 0.544. The highest BCUT2D eigenvalue weighted by Gasteiger charge is 2.30. The number of hydrogen-bond acceptors (Lipinski definition) is 7. The third-order valence-corrected chi connectivity index (χ3v) is 6.27. The van der Waals surface area contributed by atoms with Crippen LogP contribution in [0.1, 0.15) is 37.7 Å². The Kier molecular flexibility index (Phi) is 6.13. The fourth-order valence-corrected chi connectivity index (χ4v) is 4.58. The Balaban J connectivity index is 1.32. The van der Waals surface area contributed by atoms with E-state index in [1.165, 1.54) is 12.1 Å². The van der Waals surface area contributed by atoms with E-state index < -0.39 is 0 Å². The van der Waals surface area contributed by atoms with Crippen LogP contribution in [0.2, 0.25) is 0 Å². The molecule has 3 aromatic rings. The Morgan fingerprint density at radius 1 is 0.970 bits per heavy atom. The van der Waals surface area contributed by atoms with Crippen molar-refractivity contribution in [1.82, 2.24) is 25.1 Å². The number of tetrazole rings is 1. The number of piperazine rings is 1. The van der Waals surface area contributed by atoms with Crippen molar-refractivity contribution in [2.75, 3.05) is 37.9 Å². The lowest BCUT2D eigenvalue weighted by molar-refractivity contribution is 0.153. The molecule has 0 unspecified atom stereocenters. The van der Waals surface area contributed by atoms with Gasteiger partial charge < -0.3 is 14.4 Å². The molecular weight excluding hydrogens is 423 g/mol. The number of aromatic nitrogens is 4. The van der Waals surface area contributed by atoms with Gasteiger partial charge in [-0.15, -0.1) is 5.10 Å². The second kappa shape index (κ2) is 9.35. The number of fused-ring (bicyclic) bond motifs is 1. The Bertz CT molecular complexity index is 1080. The van der Waals surface area contributed by atoms with Gasteiger partial charge in [-0.3, -0.25) is 4.90 Å². The Hall–Kier alpha value is -3.20. The maximum atomic E-state index is 13.3. The average Bonchev–Trinajstić information content (AvgIpc) is 3.47. The SMILES string of the molecule is CC(C)C[C@@H](c1nnnn1Cc1ccc2c(c1)OCO2)N1CCN(c2ccc(F)cc2)CC1. The molecule has 33 heavy (non-hydrogen) atoms. The smallest absolute Gasteiger partial charge is 0.231 e. The number of ether oxygens (including phenoxy) is 2. The molecule has 3 heterocycles. The summed E-state index contributed by atoms with van der Waals surface area (Å²) in [6.07, 6.45) is 0.970. The summed E-state index contributed by atoms with van der Waals surface area (Å²) < 4.78 is 26.1. The summed E-state index contributed by atoms with van der Waals surface area (Å²) in [4.78, 5) is 4.78. The van der Waals surface area contributed by atoms with Gasteiger partial charge >= 0.3 is 0 Å². The zero-order chi connectivity index (χ0) is 22.8. The van der Waals surface area contributed by atoms with Gasteiger partial charge in [0.2, 0.25) is 6.79 Å². The maximum absolute atomic E-state index is 13.3. The second-order valence-electron chi connectivity index (χ2n) is 9.03. The molecule has 0 bridgehead atoms. The van der Waals surface area contributed by atoms with E-state index in [4.69, 9.17) is 9.47 Å². The molecule has 174 valence electrons. The highest BCUT2D eigenvalue weighted by molar-refractivity contribution is 5.47. The molecule has 0 N–H and O–H groups in total. The summed E-state index contributed by atoms with van der Waals surface area (Å²) in [5, 5.41) is 12.8. The predicted octanol–water partition coefficient (Wildman–Crippen LogP) is 3.50. The van der Waals surface area contributed by atoms with E-state index in [2.05, 4.69) is 39.2 Å². The standard InChI is InChI=1S/C24H29FN6O2/c1-17(2)13-21(30-11-9-29(10-12-30)20-6-4-19(25)5-7-20)24-26-27-28-31(24)15-18-3-8-22-23(14-18)33-16-32-22/h3-8,14,17,21H,9-13,15-16H2,1-2H3/t21-/m0/s1. The number of halogens is 1. The van der Waals surface area contributed by atoms with Gasteiger partial charge in [-0.25, -0.2) is 9.07 Å². The molecule has 9 heteroatoms. The predicted molar refractivity (Wildman–Crippen MR) is 122 cm³/mol. The van der Waals surface area contributed by atoms with Crippen molar-refractivity contribution < 1.29 is 13.9 Å². The van der Waals surface area contributed by atoms with Crippen LogP contribution in [-0.4, -0.2) is 58.1 Å². The molecule has 0 amide bonds. The first-order valence-corrected chi connectivity index (χ1v) is 11.5. The summed E-state index contributed by atoms with van der Waals surface area (Å²) in [5.74, 6) is 2.71. The number of anilines is 1. The van der Waals surface area contributed by atoms with E-state index in [1.54, 1.807) is 0 Å². The Morgan fingerprint density at radius 3 is 2.48 bits per heavy atom. The third-order valence-electron chi connectivity index (χ3n) is 6.27. The van der Waals surface area contributed by atoms with Crippen molar-refractivity contribution in [3.8, 4) is 11.5 Å². The van der Waals surface area contributed by atoms with Crippen molar-refractivity contribution in [3.05, 3.63) is 59.7 Å². The van der Waals surface area contributed by atoms with Gasteiger partial charge in [-0.1, -0.05) is 19.9 Å². The largest absolute Gasteiger partial charge is 0.454 e. The third kappa shape index (κ3) is 4.78. The molecule has 1 saturated heterocycles. The van der Waals surface area contributed by atoms with Crippen LogP contribution in [0.4, 0.5) is 10.1 Å². The molecule has 8 nitrogen and oxygen atoms in total. The lowest BCUT2D eigenvalue weighted by atomic mass is 10.0. The van der Waals surface area contributed by atoms with Crippen molar-refractivity contribution >= 4 is 5.69 Å². The van der Waals surface area contributed by atoms with Crippen molar-refractivity contribution in [2.45, 2.75) is 32.9 Å². The molecule has 2 aromatic carbocycles. The van der Waals surface area contributed by atoms with Crippen molar-refractivity contribution in [1.29, 1.82) is 0 Å². The second-order valence-corrected chi connectivity index (χ2v) is 9.03. The number of nitrogens with zero attached hydrogens (tertiary/aromatic N) is 6. The average molecular weight is 453 g/mol. The fourth-order valence-electron chi connectivity index (χ4n) is 4.58. The minimum absolute atomic E-state index is 0.129. The van der Waals surface area contributed by atoms with Gasteiger partial charge in [-0.2, -0.15) is 0 Å². The summed E-state index contributed by atoms with van der Waals surface area (Å²) >= 11 is 0. The van der Waals surface area contributed by atoms with Crippen LogP contribution in [0, 0.1) is 11.7 Å². The number of hydrogen-bond donors (Lipinski definition) is 0. The van der Waals surface area contributed by atoms with E-state index >= 15 is 0 Å². The molecule has 0 aliphatic carbocycles. The maximum Gasteiger partial charge on any atom is 0.231 e. The van der Waals surface area contributed by atoms with Gasteiger partial charge in [0.05, 0.1) is 12.6 Å². The Labute approximate surface area is 192 Å². The first-order chi connectivity index (χ1) is 16.1. The molecule has 5 rings (SSSR count). The Morgan fingerprint density at radius 2 is 1.73 bits per heavy atom. The van der Waals surface area contributed by atoms with Crippen LogP contribution in [0.15, 0.2) is 42.5 Å². The lowest BCUT2D eigenvalue weighted by Gasteiger charge is -2.40. The van der Waals surface area contributed by atoms with Gasteiger partial charge in [0.1, 0.15) is 5.82 Å². The highest BCUT2D eigenvalue weighted by atomic mass is 19.1. The first-order valence-electron chi connectivity index (χ1n) is 11.5. The van der Waals surface area contributed by atoms with E-state index in [0.717, 1.165) is 61.2 Å². The molecular formula is C24H29FN6O2. The molecule has 0 radical (unpaired) electrons. The van der Waals surface area contributed by atoms with Crippen molar-refractivity contribution in [2.24, 2.45) is 5.92 Å². The molecule has 0 spiro atoms. The van der Waals surface area contributed by atoms with Crippen LogP contribution < -0.4 is 14.4 Å². The van der Waals surface area contributed by atoms with E-state index in [9.17, 15) is 4.39 Å². The van der Waals surface area contributed by atoms with Crippen LogP contribution in [0.3, 0.4) is 0 Å². The van der Waals surface area contributed by atoms with Gasteiger partial charge in [0.15, 0.2) is 17.3 Å². The first kappa shape index (κ1) is 21.6. The normalized spacial score (nSPS) is 17.0. The van der Waals surface area contributed by atoms with Crippen LogP contribution in [-0.2, 0) is 6.54 Å². The topological polar surface area (TPSA) is 68.5 Å². The molecule has 0 saturated carbocycles. The van der Waals surface area contributed by atoms with E-state index in [0.29, 0.717) is 12.5 Å². The monoisotopic (exact) mass is 452 g/mol. The van der Waals surface area contributed by atoms with Crippen LogP contribution >= 0.6 is 0 Å². The molecule has 2 aliphatic heterocycles. The summed E-state index contributed by atoms with van der Waals surface area (Å²) in [6, 6.07) is 12.8. The fraction of sp³-hybridized carbons (Fsp3) is 0.458. The molecule has 1 fully saturated rings. The summed E-state index contributed by atoms with van der Waals surface area (Å²) in [6.45, 7) is 8.84. The molecule has 2 aliphatic rings. The molecule has 1 atom stereocenters. The zero-order valence-corrected chi connectivity index (χ0v) is 19.0. The zero-order valence-electron chi connectivity index (χ0n) is 19.0. The van der Waals surface area contributed by atoms with Crippen LogP contribution in [0.25, 0.3) is 0 Å². The van der Waals surface area contributed by atoms with Gasteiger partial charge in [0, 0.05) is 31.9 Å². The summed E-state index contributed by atoms with van der Waals surface area (Å²) in [7, 11) is 0.